The van der Waals surface area contributed by atoms with Gasteiger partial charge in [0.2, 0.25) is 15.9 Å². The van der Waals surface area contributed by atoms with Crippen molar-refractivity contribution >= 4 is 33.4 Å². The molecule has 0 heterocycles. The quantitative estimate of drug-likeness (QED) is 0.542. The number of amides is 1. The van der Waals surface area contributed by atoms with Gasteiger partial charge in [-0.05, 0) is 37.3 Å². The van der Waals surface area contributed by atoms with Gasteiger partial charge in [-0.25, -0.2) is 17.2 Å². The summed E-state index contributed by atoms with van der Waals surface area (Å²) in [6, 6.07) is 7.37. The molecule has 0 bridgehead atoms. The van der Waals surface area contributed by atoms with Crippen molar-refractivity contribution in [1.29, 1.82) is 0 Å². The summed E-state index contributed by atoms with van der Waals surface area (Å²) in [5, 5.41) is 2.62. The number of thioether (sulfide) groups is 1. The Labute approximate surface area is 179 Å². The Kier molecular flexibility index (Phi) is 8.63. The fraction of sp³-hybridized carbons (Fsp3) is 0.350. The van der Waals surface area contributed by atoms with Gasteiger partial charge in [-0.3, -0.25) is 4.79 Å². The van der Waals surface area contributed by atoms with Gasteiger partial charge >= 0.3 is 0 Å². The van der Waals surface area contributed by atoms with Crippen LogP contribution in [0.3, 0.4) is 0 Å². The SMILES string of the molecule is CCOc1ccc(S(=O)(=O)N(CC)CC)cc1NC(=O)CSc1ccc(F)cc1F. The lowest BCUT2D eigenvalue weighted by Gasteiger charge is -2.20. The first-order valence-corrected chi connectivity index (χ1v) is 11.8. The average Bonchev–Trinajstić information content (AvgIpc) is 2.69. The third-order valence-corrected chi connectivity index (χ3v) is 7.22. The van der Waals surface area contributed by atoms with E-state index in [1.54, 1.807) is 20.8 Å². The zero-order valence-electron chi connectivity index (χ0n) is 16.9. The molecule has 0 atom stereocenters. The Hall–Kier alpha value is -2.17. The Bertz CT molecular complexity index is 996. The zero-order valence-corrected chi connectivity index (χ0v) is 18.6. The first-order valence-electron chi connectivity index (χ1n) is 9.37. The second-order valence-electron chi connectivity index (χ2n) is 6.09. The van der Waals surface area contributed by atoms with Crippen LogP contribution < -0.4 is 10.1 Å². The Morgan fingerprint density at radius 3 is 2.40 bits per heavy atom. The molecular formula is C20H24F2N2O4S2. The minimum atomic E-state index is -3.72. The first kappa shape index (κ1) is 24.1. The van der Waals surface area contributed by atoms with E-state index in [2.05, 4.69) is 5.32 Å². The summed E-state index contributed by atoms with van der Waals surface area (Å²) in [6.07, 6.45) is 0. The normalized spacial score (nSPS) is 11.5. The second-order valence-corrected chi connectivity index (χ2v) is 9.05. The lowest BCUT2D eigenvalue weighted by Crippen LogP contribution is -2.30. The third kappa shape index (κ3) is 5.93. The van der Waals surface area contributed by atoms with Crippen molar-refractivity contribution in [3.05, 3.63) is 48.0 Å². The van der Waals surface area contributed by atoms with Gasteiger partial charge in [0.05, 0.1) is 22.9 Å². The van der Waals surface area contributed by atoms with Crippen LogP contribution in [0.2, 0.25) is 0 Å². The maximum atomic E-state index is 13.7. The van der Waals surface area contributed by atoms with E-state index in [1.807, 2.05) is 0 Å². The summed E-state index contributed by atoms with van der Waals surface area (Å²) >= 11 is 0.903. The minimum Gasteiger partial charge on any atom is -0.492 e. The maximum Gasteiger partial charge on any atom is 0.243 e. The van der Waals surface area contributed by atoms with Crippen LogP contribution in [0, 0.1) is 11.6 Å². The van der Waals surface area contributed by atoms with Gasteiger partial charge in [0.1, 0.15) is 17.4 Å². The van der Waals surface area contributed by atoms with Crippen molar-refractivity contribution < 1.29 is 26.7 Å². The number of nitrogens with zero attached hydrogens (tertiary/aromatic N) is 1. The van der Waals surface area contributed by atoms with Gasteiger partial charge in [0, 0.05) is 24.1 Å². The molecule has 6 nitrogen and oxygen atoms in total. The van der Waals surface area contributed by atoms with Crippen molar-refractivity contribution in [2.75, 3.05) is 30.8 Å². The Balaban J connectivity index is 2.22. The monoisotopic (exact) mass is 458 g/mol. The lowest BCUT2D eigenvalue weighted by atomic mass is 10.3. The molecule has 0 aliphatic heterocycles. The van der Waals surface area contributed by atoms with Crippen LogP contribution >= 0.6 is 11.8 Å². The van der Waals surface area contributed by atoms with Gasteiger partial charge in [0.15, 0.2) is 0 Å². The highest BCUT2D eigenvalue weighted by Crippen LogP contribution is 2.30. The number of halogens is 2. The molecule has 30 heavy (non-hydrogen) atoms. The highest BCUT2D eigenvalue weighted by molar-refractivity contribution is 8.00. The number of sulfonamides is 1. The predicted octanol–water partition coefficient (Wildman–Crippen LogP) is 4.12. The summed E-state index contributed by atoms with van der Waals surface area (Å²) in [7, 11) is -3.72. The molecule has 1 amide bonds. The topological polar surface area (TPSA) is 75.7 Å². The average molecular weight is 459 g/mol. The Morgan fingerprint density at radius 2 is 1.80 bits per heavy atom. The van der Waals surface area contributed by atoms with Crippen LogP contribution in [0.15, 0.2) is 46.2 Å². The fourth-order valence-electron chi connectivity index (χ4n) is 2.68. The van der Waals surface area contributed by atoms with Crippen LogP contribution in [0.1, 0.15) is 20.8 Å². The van der Waals surface area contributed by atoms with Crippen LogP contribution in [0.5, 0.6) is 5.75 Å². The minimum absolute atomic E-state index is 0.0298. The van der Waals surface area contributed by atoms with Gasteiger partial charge in [-0.2, -0.15) is 4.31 Å². The van der Waals surface area contributed by atoms with Crippen LogP contribution in [0.4, 0.5) is 14.5 Å². The van der Waals surface area contributed by atoms with Crippen LogP contribution in [0.25, 0.3) is 0 Å². The van der Waals surface area contributed by atoms with Crippen molar-refractivity contribution in [3.8, 4) is 5.75 Å². The molecule has 10 heteroatoms. The Morgan fingerprint density at radius 1 is 1.10 bits per heavy atom. The molecule has 0 radical (unpaired) electrons. The van der Waals surface area contributed by atoms with E-state index in [-0.39, 0.29) is 21.2 Å². The molecular weight excluding hydrogens is 434 g/mol. The summed E-state index contributed by atoms with van der Waals surface area (Å²) in [5.41, 5.74) is 0.204. The highest BCUT2D eigenvalue weighted by atomic mass is 32.2. The van der Waals surface area contributed by atoms with E-state index < -0.39 is 27.6 Å². The molecule has 0 aliphatic carbocycles. The van der Waals surface area contributed by atoms with Crippen LogP contribution in [-0.4, -0.2) is 44.1 Å². The van der Waals surface area contributed by atoms with E-state index in [9.17, 15) is 22.0 Å². The molecule has 2 rings (SSSR count). The van der Waals surface area contributed by atoms with E-state index in [4.69, 9.17) is 4.74 Å². The number of hydrogen-bond acceptors (Lipinski definition) is 5. The zero-order chi connectivity index (χ0) is 22.3. The molecule has 0 spiro atoms. The summed E-state index contributed by atoms with van der Waals surface area (Å²) in [6.45, 7) is 6.19. The number of carbonyl (C=O) groups excluding carboxylic acids is 1. The van der Waals surface area contributed by atoms with Gasteiger partial charge in [-0.15, -0.1) is 11.8 Å². The number of benzene rings is 2. The number of ether oxygens (including phenoxy) is 1. The van der Waals surface area contributed by atoms with Crippen molar-refractivity contribution in [3.63, 3.8) is 0 Å². The van der Waals surface area contributed by atoms with Gasteiger partial charge < -0.3 is 10.1 Å². The molecule has 2 aromatic carbocycles. The van der Waals surface area contributed by atoms with Crippen molar-refractivity contribution in [2.45, 2.75) is 30.6 Å². The standard InChI is InChI=1S/C20H24F2N2O4S2/c1-4-24(5-2)30(26,27)15-8-9-18(28-6-3)17(12-15)23-20(25)13-29-19-10-7-14(21)11-16(19)22/h7-12H,4-6,13H2,1-3H3,(H,23,25). The van der Waals surface area contributed by atoms with E-state index in [1.165, 1.54) is 28.6 Å². The molecule has 2 aromatic rings. The van der Waals surface area contributed by atoms with E-state index in [0.29, 0.717) is 25.4 Å². The number of carbonyl (C=O) groups is 1. The second kappa shape index (κ2) is 10.7. The summed E-state index contributed by atoms with van der Waals surface area (Å²) < 4.78 is 59.1. The number of anilines is 1. The molecule has 0 unspecified atom stereocenters. The predicted molar refractivity (Wildman–Crippen MR) is 113 cm³/mol. The molecule has 164 valence electrons. The fourth-order valence-corrected chi connectivity index (χ4v) is 4.89. The molecule has 0 saturated heterocycles. The smallest absolute Gasteiger partial charge is 0.243 e. The number of hydrogen-bond donors (Lipinski definition) is 1. The summed E-state index contributed by atoms with van der Waals surface area (Å²) in [5.74, 6) is -1.77. The molecule has 0 aliphatic rings. The van der Waals surface area contributed by atoms with E-state index >= 15 is 0 Å². The van der Waals surface area contributed by atoms with E-state index in [0.717, 1.165) is 23.9 Å². The molecule has 0 saturated carbocycles. The largest absolute Gasteiger partial charge is 0.492 e. The third-order valence-electron chi connectivity index (χ3n) is 4.12. The van der Waals surface area contributed by atoms with Crippen LogP contribution in [-0.2, 0) is 14.8 Å². The maximum absolute atomic E-state index is 13.7. The van der Waals surface area contributed by atoms with Gasteiger partial charge in [0.25, 0.3) is 0 Å². The summed E-state index contributed by atoms with van der Waals surface area (Å²) in [4.78, 5) is 12.5. The first-order chi connectivity index (χ1) is 14.2. The molecule has 0 fully saturated rings. The molecule has 1 N–H and O–H groups in total. The number of nitrogens with one attached hydrogen (secondary N) is 1. The van der Waals surface area contributed by atoms with Crippen molar-refractivity contribution in [1.82, 2.24) is 4.31 Å². The lowest BCUT2D eigenvalue weighted by molar-refractivity contribution is -0.113. The van der Waals surface area contributed by atoms with Crippen molar-refractivity contribution in [2.24, 2.45) is 0 Å². The molecule has 0 aromatic heterocycles. The highest BCUT2D eigenvalue weighted by Gasteiger charge is 2.23. The number of rotatable bonds is 10. The van der Waals surface area contributed by atoms with Gasteiger partial charge in [-0.1, -0.05) is 13.8 Å².